The van der Waals surface area contributed by atoms with Crippen molar-refractivity contribution in [2.24, 2.45) is 0 Å². The molecule has 0 aliphatic rings. The summed E-state index contributed by atoms with van der Waals surface area (Å²) in [5.41, 5.74) is 7.30. The zero-order chi connectivity index (χ0) is 10.0. The number of carboxylic acid groups (broad SMARTS) is 1. The lowest BCUT2D eigenvalue weighted by Crippen LogP contribution is -2.04. The zero-order valence-electron chi connectivity index (χ0n) is 7.74. The molecule has 0 amide bonds. The van der Waals surface area contributed by atoms with E-state index in [4.69, 9.17) is 10.8 Å². The number of hydrogen-bond donors (Lipinski definition) is 2. The van der Waals surface area contributed by atoms with E-state index in [1.165, 1.54) is 0 Å². The molecule has 3 N–H and O–H groups in total. The Kier molecular flexibility index (Phi) is 2.56. The van der Waals surface area contributed by atoms with Crippen molar-refractivity contribution in [1.29, 1.82) is 0 Å². The van der Waals surface area contributed by atoms with Gasteiger partial charge in [-0.05, 0) is 29.7 Å². The summed E-state index contributed by atoms with van der Waals surface area (Å²) in [7, 11) is 0. The first-order chi connectivity index (χ1) is 6.02. The maximum atomic E-state index is 10.8. The fraction of sp³-hybridized carbons (Fsp3) is 0.300. The number of carbonyl (C=O) groups is 1. The zero-order valence-corrected chi connectivity index (χ0v) is 7.74. The van der Waals surface area contributed by atoms with E-state index in [0.29, 0.717) is 11.3 Å². The molecule has 0 saturated carbocycles. The molecule has 0 fully saturated rings. The van der Waals surface area contributed by atoms with Gasteiger partial charge in [0.15, 0.2) is 0 Å². The van der Waals surface area contributed by atoms with Crippen molar-refractivity contribution in [2.45, 2.75) is 19.8 Å². The molecular formula is C10H13NO2. The molecule has 0 bridgehead atoms. The van der Waals surface area contributed by atoms with Crippen LogP contribution in [0.25, 0.3) is 0 Å². The number of anilines is 1. The van der Waals surface area contributed by atoms with Gasteiger partial charge < -0.3 is 10.8 Å². The summed E-state index contributed by atoms with van der Waals surface area (Å²) < 4.78 is 0. The van der Waals surface area contributed by atoms with E-state index in [-0.39, 0.29) is 5.92 Å². The monoisotopic (exact) mass is 179 g/mol. The van der Waals surface area contributed by atoms with Crippen LogP contribution in [0.2, 0.25) is 0 Å². The average molecular weight is 179 g/mol. The topological polar surface area (TPSA) is 63.3 Å². The third kappa shape index (κ3) is 1.99. The number of aromatic carboxylic acids is 1. The van der Waals surface area contributed by atoms with Crippen LogP contribution >= 0.6 is 0 Å². The highest BCUT2D eigenvalue weighted by atomic mass is 16.4. The van der Waals surface area contributed by atoms with E-state index in [9.17, 15) is 4.79 Å². The minimum absolute atomic E-state index is 0.176. The maximum Gasteiger partial charge on any atom is 0.335 e. The standard InChI is InChI=1S/C10H13NO2/c1-6(2)9-5-7(11)3-4-8(9)10(12)13/h3-6H,11H2,1-2H3,(H,12,13). The highest BCUT2D eigenvalue weighted by Crippen LogP contribution is 2.21. The van der Waals surface area contributed by atoms with Gasteiger partial charge in [0.05, 0.1) is 5.56 Å². The Labute approximate surface area is 77.2 Å². The van der Waals surface area contributed by atoms with Gasteiger partial charge in [-0.3, -0.25) is 0 Å². The number of hydrogen-bond acceptors (Lipinski definition) is 2. The SMILES string of the molecule is CC(C)c1cc(N)ccc1C(=O)O. The van der Waals surface area contributed by atoms with Gasteiger partial charge in [0.25, 0.3) is 0 Å². The summed E-state index contributed by atoms with van der Waals surface area (Å²) in [6, 6.07) is 4.87. The van der Waals surface area contributed by atoms with Gasteiger partial charge in [-0.1, -0.05) is 13.8 Å². The lowest BCUT2D eigenvalue weighted by molar-refractivity contribution is 0.0695. The van der Waals surface area contributed by atoms with Gasteiger partial charge >= 0.3 is 5.97 Å². The van der Waals surface area contributed by atoms with Crippen LogP contribution in [0.1, 0.15) is 35.7 Å². The second-order valence-electron chi connectivity index (χ2n) is 3.31. The summed E-state index contributed by atoms with van der Waals surface area (Å²) in [4.78, 5) is 10.8. The van der Waals surface area contributed by atoms with Crippen molar-refractivity contribution in [1.82, 2.24) is 0 Å². The Morgan fingerprint density at radius 2 is 2.08 bits per heavy atom. The molecule has 1 aromatic rings. The van der Waals surface area contributed by atoms with Crippen molar-refractivity contribution >= 4 is 11.7 Å². The van der Waals surface area contributed by atoms with E-state index < -0.39 is 5.97 Å². The van der Waals surface area contributed by atoms with Gasteiger partial charge in [-0.25, -0.2) is 4.79 Å². The number of rotatable bonds is 2. The summed E-state index contributed by atoms with van der Waals surface area (Å²) in [5.74, 6) is -0.724. The Bertz CT molecular complexity index is 332. The van der Waals surface area contributed by atoms with Crippen LogP contribution in [0.15, 0.2) is 18.2 Å². The largest absolute Gasteiger partial charge is 0.478 e. The predicted molar refractivity (Wildman–Crippen MR) is 51.9 cm³/mol. The fourth-order valence-corrected chi connectivity index (χ4v) is 1.25. The Hall–Kier alpha value is -1.51. The molecule has 0 unspecified atom stereocenters. The van der Waals surface area contributed by atoms with Crippen LogP contribution in [0, 0.1) is 0 Å². The molecule has 0 saturated heterocycles. The molecule has 0 aliphatic carbocycles. The molecule has 3 nitrogen and oxygen atoms in total. The van der Waals surface area contributed by atoms with Gasteiger partial charge in [-0.15, -0.1) is 0 Å². The third-order valence-corrected chi connectivity index (χ3v) is 1.93. The van der Waals surface area contributed by atoms with Gasteiger partial charge in [0, 0.05) is 5.69 Å². The van der Waals surface area contributed by atoms with E-state index in [0.717, 1.165) is 5.56 Å². The predicted octanol–water partition coefficient (Wildman–Crippen LogP) is 2.09. The van der Waals surface area contributed by atoms with E-state index in [2.05, 4.69) is 0 Å². The maximum absolute atomic E-state index is 10.8. The Morgan fingerprint density at radius 3 is 2.54 bits per heavy atom. The van der Waals surface area contributed by atoms with Crippen LogP contribution in [0.5, 0.6) is 0 Å². The van der Waals surface area contributed by atoms with Crippen molar-refractivity contribution < 1.29 is 9.90 Å². The molecule has 1 rings (SSSR count). The highest BCUT2D eigenvalue weighted by molar-refractivity contribution is 5.90. The molecule has 70 valence electrons. The second kappa shape index (κ2) is 3.47. The van der Waals surface area contributed by atoms with Gasteiger partial charge in [0.1, 0.15) is 0 Å². The number of carboxylic acids is 1. The van der Waals surface area contributed by atoms with E-state index in [1.54, 1.807) is 18.2 Å². The quantitative estimate of drug-likeness (QED) is 0.683. The summed E-state index contributed by atoms with van der Waals surface area (Å²) >= 11 is 0. The summed E-state index contributed by atoms with van der Waals surface area (Å²) in [6.07, 6.45) is 0. The summed E-state index contributed by atoms with van der Waals surface area (Å²) in [6.45, 7) is 3.89. The third-order valence-electron chi connectivity index (χ3n) is 1.93. The smallest absolute Gasteiger partial charge is 0.335 e. The Morgan fingerprint density at radius 1 is 1.46 bits per heavy atom. The average Bonchev–Trinajstić information content (AvgIpc) is 2.03. The lowest BCUT2D eigenvalue weighted by Gasteiger charge is -2.09. The minimum atomic E-state index is -0.899. The van der Waals surface area contributed by atoms with Crippen LogP contribution < -0.4 is 5.73 Å². The van der Waals surface area contributed by atoms with E-state index >= 15 is 0 Å². The van der Waals surface area contributed by atoms with Crippen molar-refractivity contribution in [3.8, 4) is 0 Å². The molecule has 3 heteroatoms. The number of nitrogen functional groups attached to an aromatic ring is 1. The fourth-order valence-electron chi connectivity index (χ4n) is 1.25. The first-order valence-corrected chi connectivity index (χ1v) is 4.15. The van der Waals surface area contributed by atoms with Crippen LogP contribution in [-0.4, -0.2) is 11.1 Å². The van der Waals surface area contributed by atoms with Gasteiger partial charge in [-0.2, -0.15) is 0 Å². The van der Waals surface area contributed by atoms with Crippen molar-refractivity contribution in [2.75, 3.05) is 5.73 Å². The molecular weight excluding hydrogens is 166 g/mol. The lowest BCUT2D eigenvalue weighted by atomic mass is 9.97. The summed E-state index contributed by atoms with van der Waals surface area (Å²) in [5, 5.41) is 8.86. The molecule has 0 aliphatic heterocycles. The number of benzene rings is 1. The second-order valence-corrected chi connectivity index (χ2v) is 3.31. The molecule has 0 aromatic heterocycles. The highest BCUT2D eigenvalue weighted by Gasteiger charge is 2.12. The van der Waals surface area contributed by atoms with Gasteiger partial charge in [0.2, 0.25) is 0 Å². The minimum Gasteiger partial charge on any atom is -0.478 e. The van der Waals surface area contributed by atoms with E-state index in [1.807, 2.05) is 13.8 Å². The normalized spacial score (nSPS) is 10.4. The van der Waals surface area contributed by atoms with Crippen LogP contribution in [0.3, 0.4) is 0 Å². The van der Waals surface area contributed by atoms with Crippen molar-refractivity contribution in [3.05, 3.63) is 29.3 Å². The Balaban J connectivity index is 3.26. The molecule has 0 atom stereocenters. The molecule has 13 heavy (non-hydrogen) atoms. The first kappa shape index (κ1) is 9.58. The van der Waals surface area contributed by atoms with Crippen LogP contribution in [-0.2, 0) is 0 Å². The molecule has 0 spiro atoms. The van der Waals surface area contributed by atoms with Crippen LogP contribution in [0.4, 0.5) is 5.69 Å². The first-order valence-electron chi connectivity index (χ1n) is 4.15. The number of nitrogens with two attached hydrogens (primary N) is 1. The van der Waals surface area contributed by atoms with Crippen molar-refractivity contribution in [3.63, 3.8) is 0 Å². The molecule has 1 aromatic carbocycles. The molecule has 0 heterocycles. The molecule has 0 radical (unpaired) electrons.